The number of carbonyl (C=O) groups excluding carboxylic acids is 2. The third kappa shape index (κ3) is 3.53. The molecule has 126 valence electrons. The fourth-order valence-electron chi connectivity index (χ4n) is 2.46. The first-order chi connectivity index (χ1) is 11.7. The van der Waals surface area contributed by atoms with Gasteiger partial charge in [0, 0.05) is 49.5 Å². The highest BCUT2D eigenvalue weighted by molar-refractivity contribution is 7.13. The summed E-state index contributed by atoms with van der Waals surface area (Å²) < 4.78 is 4.98. The van der Waals surface area contributed by atoms with Crippen LogP contribution >= 0.6 is 11.3 Å². The highest BCUT2D eigenvalue weighted by atomic mass is 32.1. The third-order valence-corrected chi connectivity index (χ3v) is 4.62. The average molecular weight is 346 g/mol. The minimum atomic E-state index is -0.322. The second-order valence-electron chi connectivity index (χ2n) is 5.26. The van der Waals surface area contributed by atoms with Crippen LogP contribution in [-0.4, -0.2) is 64.6 Å². The Balaban J connectivity index is 1.62. The van der Waals surface area contributed by atoms with Gasteiger partial charge in [-0.05, 0) is 19.1 Å². The maximum absolute atomic E-state index is 12.6. The Hall–Kier alpha value is -2.48. The zero-order valence-corrected chi connectivity index (χ0v) is 14.2. The molecular weight excluding hydrogens is 328 g/mol. The maximum atomic E-state index is 12.6. The fraction of sp³-hybridized carbons (Fsp3) is 0.375. The lowest BCUT2D eigenvalue weighted by atomic mass is 10.3. The Labute approximate surface area is 143 Å². The van der Waals surface area contributed by atoms with Crippen LogP contribution < -0.4 is 0 Å². The van der Waals surface area contributed by atoms with Gasteiger partial charge in [0.2, 0.25) is 0 Å². The van der Waals surface area contributed by atoms with Crippen molar-refractivity contribution in [3.63, 3.8) is 0 Å². The molecule has 7 nitrogen and oxygen atoms in total. The van der Waals surface area contributed by atoms with E-state index in [4.69, 9.17) is 4.74 Å². The quantitative estimate of drug-likeness (QED) is 0.851. The predicted octanol–water partition coefficient (Wildman–Crippen LogP) is 2.12. The zero-order chi connectivity index (χ0) is 16.9. The Morgan fingerprint density at radius 2 is 2.00 bits per heavy atom. The van der Waals surface area contributed by atoms with Gasteiger partial charge in [0.1, 0.15) is 10.7 Å². The van der Waals surface area contributed by atoms with Crippen LogP contribution in [0.1, 0.15) is 17.4 Å². The Kier molecular flexibility index (Phi) is 5.05. The fourth-order valence-corrected chi connectivity index (χ4v) is 3.25. The van der Waals surface area contributed by atoms with Crippen LogP contribution in [-0.2, 0) is 4.74 Å². The lowest BCUT2D eigenvalue weighted by Gasteiger charge is -2.33. The SMILES string of the molecule is CCOC(=O)N1CCN(C(=O)c2csc(-c3cccnc3)n2)CC1. The first kappa shape index (κ1) is 16.4. The lowest BCUT2D eigenvalue weighted by Crippen LogP contribution is -2.50. The summed E-state index contributed by atoms with van der Waals surface area (Å²) in [5.41, 5.74) is 1.33. The van der Waals surface area contributed by atoms with Crippen LogP contribution in [0.4, 0.5) is 4.79 Å². The van der Waals surface area contributed by atoms with E-state index in [0.29, 0.717) is 38.5 Å². The summed E-state index contributed by atoms with van der Waals surface area (Å²) in [6.07, 6.45) is 3.11. The second-order valence-corrected chi connectivity index (χ2v) is 6.12. The van der Waals surface area contributed by atoms with Gasteiger partial charge in [-0.2, -0.15) is 0 Å². The molecule has 0 N–H and O–H groups in total. The summed E-state index contributed by atoms with van der Waals surface area (Å²) in [5.74, 6) is -0.107. The van der Waals surface area contributed by atoms with Gasteiger partial charge < -0.3 is 14.5 Å². The van der Waals surface area contributed by atoms with Crippen LogP contribution in [0.5, 0.6) is 0 Å². The summed E-state index contributed by atoms with van der Waals surface area (Å²) in [4.78, 5) is 36.1. The van der Waals surface area contributed by atoms with Gasteiger partial charge in [0.15, 0.2) is 0 Å². The van der Waals surface area contributed by atoms with Crippen LogP contribution in [0.3, 0.4) is 0 Å². The maximum Gasteiger partial charge on any atom is 0.409 e. The summed E-state index contributed by atoms with van der Waals surface area (Å²) in [5, 5.41) is 2.54. The van der Waals surface area contributed by atoms with Crippen molar-refractivity contribution in [2.75, 3.05) is 32.8 Å². The van der Waals surface area contributed by atoms with E-state index >= 15 is 0 Å². The molecule has 1 saturated heterocycles. The largest absolute Gasteiger partial charge is 0.450 e. The van der Waals surface area contributed by atoms with Crippen molar-refractivity contribution < 1.29 is 14.3 Å². The van der Waals surface area contributed by atoms with E-state index in [1.807, 2.05) is 12.1 Å². The van der Waals surface area contributed by atoms with Crippen molar-refractivity contribution in [3.8, 4) is 10.6 Å². The number of thiazole rings is 1. The number of carbonyl (C=O) groups is 2. The van der Waals surface area contributed by atoms with Gasteiger partial charge in [-0.3, -0.25) is 9.78 Å². The molecule has 1 aliphatic rings. The number of hydrogen-bond donors (Lipinski definition) is 0. The second kappa shape index (κ2) is 7.39. The molecule has 1 fully saturated rings. The van der Waals surface area contributed by atoms with Gasteiger partial charge >= 0.3 is 6.09 Å². The van der Waals surface area contributed by atoms with Crippen molar-refractivity contribution in [3.05, 3.63) is 35.6 Å². The Morgan fingerprint density at radius 3 is 2.67 bits per heavy atom. The normalized spacial score (nSPS) is 14.5. The minimum Gasteiger partial charge on any atom is -0.450 e. The highest BCUT2D eigenvalue weighted by Gasteiger charge is 2.26. The number of ether oxygens (including phenoxy) is 1. The molecule has 0 radical (unpaired) electrons. The number of piperazine rings is 1. The molecule has 0 atom stereocenters. The van der Waals surface area contributed by atoms with E-state index in [1.165, 1.54) is 11.3 Å². The first-order valence-corrected chi connectivity index (χ1v) is 8.64. The Bertz CT molecular complexity index is 711. The van der Waals surface area contributed by atoms with Crippen LogP contribution in [0, 0.1) is 0 Å². The van der Waals surface area contributed by atoms with E-state index in [-0.39, 0.29) is 12.0 Å². The molecule has 0 unspecified atom stereocenters. The van der Waals surface area contributed by atoms with Gasteiger partial charge in [0.05, 0.1) is 6.61 Å². The van der Waals surface area contributed by atoms with Crippen molar-refractivity contribution in [2.45, 2.75) is 6.92 Å². The number of hydrogen-bond acceptors (Lipinski definition) is 6. The van der Waals surface area contributed by atoms with E-state index in [2.05, 4.69) is 9.97 Å². The number of pyridine rings is 1. The van der Waals surface area contributed by atoms with Crippen LogP contribution in [0.15, 0.2) is 29.9 Å². The lowest BCUT2D eigenvalue weighted by molar-refractivity contribution is 0.0566. The molecule has 3 rings (SSSR count). The van der Waals surface area contributed by atoms with E-state index in [0.717, 1.165) is 10.6 Å². The third-order valence-electron chi connectivity index (χ3n) is 3.72. The monoisotopic (exact) mass is 346 g/mol. The van der Waals surface area contributed by atoms with E-state index < -0.39 is 0 Å². The van der Waals surface area contributed by atoms with E-state index in [9.17, 15) is 9.59 Å². The topological polar surface area (TPSA) is 75.6 Å². The Morgan fingerprint density at radius 1 is 1.25 bits per heavy atom. The summed E-state index contributed by atoms with van der Waals surface area (Å²) in [6.45, 7) is 4.05. The molecular formula is C16H18N4O3S. The number of aromatic nitrogens is 2. The van der Waals surface area contributed by atoms with Crippen LogP contribution in [0.2, 0.25) is 0 Å². The molecule has 24 heavy (non-hydrogen) atoms. The van der Waals surface area contributed by atoms with Crippen molar-refractivity contribution in [1.29, 1.82) is 0 Å². The average Bonchev–Trinajstić information content (AvgIpc) is 3.12. The summed E-state index contributed by atoms with van der Waals surface area (Å²) >= 11 is 1.42. The summed E-state index contributed by atoms with van der Waals surface area (Å²) in [7, 11) is 0. The van der Waals surface area contributed by atoms with Gasteiger partial charge in [-0.15, -0.1) is 11.3 Å². The first-order valence-electron chi connectivity index (χ1n) is 7.76. The van der Waals surface area contributed by atoms with Gasteiger partial charge in [-0.1, -0.05) is 0 Å². The number of nitrogens with zero attached hydrogens (tertiary/aromatic N) is 4. The molecule has 2 aromatic heterocycles. The molecule has 0 aliphatic carbocycles. The molecule has 8 heteroatoms. The molecule has 0 bridgehead atoms. The molecule has 0 saturated carbocycles. The molecule has 0 aromatic carbocycles. The van der Waals surface area contributed by atoms with Gasteiger partial charge in [-0.25, -0.2) is 9.78 Å². The predicted molar refractivity (Wildman–Crippen MR) is 89.8 cm³/mol. The van der Waals surface area contributed by atoms with Gasteiger partial charge in [0.25, 0.3) is 5.91 Å². The van der Waals surface area contributed by atoms with Crippen molar-refractivity contribution >= 4 is 23.3 Å². The number of amides is 2. The zero-order valence-electron chi connectivity index (χ0n) is 13.3. The van der Waals surface area contributed by atoms with Crippen LogP contribution in [0.25, 0.3) is 10.6 Å². The highest BCUT2D eigenvalue weighted by Crippen LogP contribution is 2.23. The minimum absolute atomic E-state index is 0.107. The standard InChI is InChI=1S/C16H18N4O3S/c1-2-23-16(22)20-8-6-19(7-9-20)15(21)13-11-24-14(18-13)12-4-3-5-17-10-12/h3-5,10-11H,2,6-9H2,1H3. The molecule has 1 aliphatic heterocycles. The molecule has 3 heterocycles. The molecule has 2 aromatic rings. The smallest absolute Gasteiger partial charge is 0.409 e. The molecule has 0 spiro atoms. The van der Waals surface area contributed by atoms with Crippen molar-refractivity contribution in [1.82, 2.24) is 19.8 Å². The van der Waals surface area contributed by atoms with E-state index in [1.54, 1.807) is 34.5 Å². The van der Waals surface area contributed by atoms with Crippen molar-refractivity contribution in [2.24, 2.45) is 0 Å². The number of rotatable bonds is 3. The summed E-state index contributed by atoms with van der Waals surface area (Å²) in [6, 6.07) is 3.75. The molecule has 2 amide bonds.